The molecule has 4 rings (SSSR count). The fourth-order valence-corrected chi connectivity index (χ4v) is 2.74. The maximum absolute atomic E-state index is 6.01. The number of benzene rings is 2. The molecule has 2 N–H and O–H groups in total. The summed E-state index contributed by atoms with van der Waals surface area (Å²) in [6.45, 7) is 2.60. The van der Waals surface area contributed by atoms with Crippen LogP contribution in [0.4, 0.5) is 5.69 Å². The summed E-state index contributed by atoms with van der Waals surface area (Å²) in [6, 6.07) is 20.0. The summed E-state index contributed by atoms with van der Waals surface area (Å²) < 4.78 is 7.99. The van der Waals surface area contributed by atoms with E-state index >= 15 is 0 Å². The number of hydrogen-bond acceptors (Lipinski definition) is 3. The molecule has 0 spiro atoms. The third-order valence-corrected chi connectivity index (χ3v) is 4.17. The molecule has 2 heterocycles. The molecule has 0 atom stereocenters. The molecule has 124 valence electrons. The second-order valence-electron chi connectivity index (χ2n) is 6.13. The Morgan fingerprint density at radius 3 is 2.52 bits per heavy atom. The molecule has 4 heteroatoms. The number of hydrogen-bond donors (Lipinski definition) is 1. The average molecular weight is 329 g/mol. The number of aromatic nitrogens is 2. The van der Waals surface area contributed by atoms with Crippen LogP contribution in [0, 0.1) is 6.92 Å². The lowest BCUT2D eigenvalue weighted by molar-refractivity contribution is 0.308. The van der Waals surface area contributed by atoms with Gasteiger partial charge in [-0.05, 0) is 36.8 Å². The molecule has 4 nitrogen and oxygen atoms in total. The van der Waals surface area contributed by atoms with Crippen molar-refractivity contribution in [3.05, 3.63) is 84.2 Å². The second-order valence-corrected chi connectivity index (χ2v) is 6.13. The first kappa shape index (κ1) is 15.3. The highest BCUT2D eigenvalue weighted by molar-refractivity contribution is 5.67. The number of anilines is 1. The summed E-state index contributed by atoms with van der Waals surface area (Å²) in [5.41, 5.74) is 11.6. The zero-order valence-corrected chi connectivity index (χ0v) is 14.0. The number of imidazole rings is 1. The maximum atomic E-state index is 6.01. The van der Waals surface area contributed by atoms with E-state index in [1.807, 2.05) is 53.2 Å². The van der Waals surface area contributed by atoms with E-state index in [0.29, 0.717) is 6.61 Å². The van der Waals surface area contributed by atoms with Crippen molar-refractivity contribution in [3.8, 4) is 17.0 Å². The smallest absolute Gasteiger partial charge is 0.180 e. The highest BCUT2D eigenvalue weighted by atomic mass is 16.5. The van der Waals surface area contributed by atoms with Crippen LogP contribution < -0.4 is 10.5 Å². The summed E-state index contributed by atoms with van der Waals surface area (Å²) in [5, 5.41) is 0. The number of nitrogen functional groups attached to an aromatic ring is 1. The molecule has 4 aromatic rings. The predicted octanol–water partition coefficient (Wildman–Crippen LogP) is 4.47. The van der Waals surface area contributed by atoms with Crippen LogP contribution in [-0.4, -0.2) is 9.38 Å². The predicted molar refractivity (Wildman–Crippen MR) is 101 cm³/mol. The van der Waals surface area contributed by atoms with Crippen LogP contribution in [0.5, 0.6) is 5.75 Å². The van der Waals surface area contributed by atoms with Gasteiger partial charge < -0.3 is 14.9 Å². The molecule has 0 aliphatic carbocycles. The van der Waals surface area contributed by atoms with Gasteiger partial charge in [-0.2, -0.15) is 0 Å². The van der Waals surface area contributed by atoms with Crippen molar-refractivity contribution >= 4 is 11.3 Å². The van der Waals surface area contributed by atoms with Gasteiger partial charge in [0.1, 0.15) is 6.61 Å². The Hall–Kier alpha value is -3.27. The molecule has 0 radical (unpaired) electrons. The van der Waals surface area contributed by atoms with Gasteiger partial charge in [0.25, 0.3) is 0 Å². The van der Waals surface area contributed by atoms with Crippen molar-refractivity contribution in [1.29, 1.82) is 0 Å². The number of aryl methyl sites for hydroxylation is 1. The van der Waals surface area contributed by atoms with Gasteiger partial charge in [0.15, 0.2) is 11.4 Å². The number of nitrogens with zero attached hydrogens (tertiary/aromatic N) is 2. The summed E-state index contributed by atoms with van der Waals surface area (Å²) in [4.78, 5) is 4.74. The van der Waals surface area contributed by atoms with E-state index in [9.17, 15) is 0 Å². The van der Waals surface area contributed by atoms with Gasteiger partial charge in [0.2, 0.25) is 0 Å². The van der Waals surface area contributed by atoms with Crippen molar-refractivity contribution in [2.24, 2.45) is 0 Å². The van der Waals surface area contributed by atoms with Crippen LogP contribution in [0.3, 0.4) is 0 Å². The molecule has 2 aromatic heterocycles. The zero-order chi connectivity index (χ0) is 17.2. The number of ether oxygens (including phenoxy) is 1. The molecule has 0 fully saturated rings. The van der Waals surface area contributed by atoms with E-state index < -0.39 is 0 Å². The van der Waals surface area contributed by atoms with Gasteiger partial charge >= 0.3 is 0 Å². The largest absolute Gasteiger partial charge is 0.485 e. The van der Waals surface area contributed by atoms with Gasteiger partial charge in [-0.15, -0.1) is 0 Å². The van der Waals surface area contributed by atoms with Gasteiger partial charge in [-0.25, -0.2) is 4.98 Å². The summed E-state index contributed by atoms with van der Waals surface area (Å²) in [5.74, 6) is 0.768. The Labute approximate surface area is 146 Å². The normalized spacial score (nSPS) is 10.9. The molecule has 2 aromatic carbocycles. The molecule has 0 saturated heterocycles. The van der Waals surface area contributed by atoms with E-state index in [0.717, 1.165) is 33.9 Å². The first-order valence-electron chi connectivity index (χ1n) is 8.21. The highest BCUT2D eigenvalue weighted by Gasteiger charge is 2.09. The third-order valence-electron chi connectivity index (χ3n) is 4.17. The van der Waals surface area contributed by atoms with E-state index in [1.54, 1.807) is 0 Å². The monoisotopic (exact) mass is 329 g/mol. The first-order chi connectivity index (χ1) is 12.2. The van der Waals surface area contributed by atoms with Crippen molar-refractivity contribution in [2.75, 3.05) is 5.73 Å². The number of rotatable bonds is 4. The third kappa shape index (κ3) is 3.19. The maximum Gasteiger partial charge on any atom is 0.180 e. The van der Waals surface area contributed by atoms with Crippen molar-refractivity contribution in [3.63, 3.8) is 0 Å². The lowest BCUT2D eigenvalue weighted by atomic mass is 10.1. The molecular weight excluding hydrogens is 310 g/mol. The summed E-state index contributed by atoms with van der Waals surface area (Å²) in [6.07, 6.45) is 3.97. The van der Waals surface area contributed by atoms with E-state index in [1.165, 1.54) is 5.56 Å². The molecule has 0 saturated carbocycles. The Bertz CT molecular complexity index is 1000. The summed E-state index contributed by atoms with van der Waals surface area (Å²) >= 11 is 0. The van der Waals surface area contributed by atoms with Crippen molar-refractivity contribution < 1.29 is 4.74 Å². The minimum absolute atomic E-state index is 0.518. The Morgan fingerprint density at radius 2 is 1.76 bits per heavy atom. The molecule has 0 aliphatic heterocycles. The van der Waals surface area contributed by atoms with Crippen LogP contribution in [0.2, 0.25) is 0 Å². The number of pyridine rings is 1. The second kappa shape index (κ2) is 6.32. The average Bonchev–Trinajstić information content (AvgIpc) is 3.06. The van der Waals surface area contributed by atoms with E-state index in [4.69, 9.17) is 15.5 Å². The fraction of sp³-hybridized carbons (Fsp3) is 0.0952. The van der Waals surface area contributed by atoms with Crippen molar-refractivity contribution in [1.82, 2.24) is 9.38 Å². The Morgan fingerprint density at radius 1 is 1.00 bits per heavy atom. The standard InChI is InChI=1S/C21H19N3O/c1-15-4-6-16(7-5-15)14-25-20-3-2-12-24-13-19(23-21(20)24)17-8-10-18(22)11-9-17/h2-13H,14,22H2,1H3. The summed E-state index contributed by atoms with van der Waals surface area (Å²) in [7, 11) is 0. The first-order valence-corrected chi connectivity index (χ1v) is 8.21. The topological polar surface area (TPSA) is 52.5 Å². The SMILES string of the molecule is Cc1ccc(COc2cccn3cc(-c4ccc(N)cc4)nc23)cc1. The zero-order valence-electron chi connectivity index (χ0n) is 14.0. The fourth-order valence-electron chi connectivity index (χ4n) is 2.74. The molecule has 0 aliphatic rings. The molecule has 0 bridgehead atoms. The van der Waals surface area contributed by atoms with Gasteiger partial charge in [0.05, 0.1) is 5.69 Å². The minimum Gasteiger partial charge on any atom is -0.485 e. The molecule has 0 amide bonds. The number of nitrogens with two attached hydrogens (primary N) is 1. The number of fused-ring (bicyclic) bond motifs is 1. The molecule has 0 unspecified atom stereocenters. The Kier molecular flexibility index (Phi) is 3.86. The minimum atomic E-state index is 0.518. The quantitative estimate of drug-likeness (QED) is 0.562. The Balaban J connectivity index is 1.63. The van der Waals surface area contributed by atoms with Gasteiger partial charge in [-0.3, -0.25) is 0 Å². The van der Waals surface area contributed by atoms with Crippen LogP contribution in [-0.2, 0) is 6.61 Å². The van der Waals surface area contributed by atoms with Crippen LogP contribution in [0.15, 0.2) is 73.1 Å². The van der Waals surface area contributed by atoms with E-state index in [-0.39, 0.29) is 0 Å². The lowest BCUT2D eigenvalue weighted by Gasteiger charge is -2.07. The lowest BCUT2D eigenvalue weighted by Crippen LogP contribution is -1.97. The van der Waals surface area contributed by atoms with Gasteiger partial charge in [-0.1, -0.05) is 42.0 Å². The van der Waals surface area contributed by atoms with Gasteiger partial charge in [0, 0.05) is 23.6 Å². The van der Waals surface area contributed by atoms with E-state index in [2.05, 4.69) is 31.2 Å². The highest BCUT2D eigenvalue weighted by Crippen LogP contribution is 2.25. The molecular formula is C21H19N3O. The van der Waals surface area contributed by atoms with Crippen molar-refractivity contribution in [2.45, 2.75) is 13.5 Å². The van der Waals surface area contributed by atoms with Crippen LogP contribution in [0.25, 0.3) is 16.9 Å². The van der Waals surface area contributed by atoms with Crippen LogP contribution in [0.1, 0.15) is 11.1 Å². The molecule has 25 heavy (non-hydrogen) atoms. The van der Waals surface area contributed by atoms with Crippen LogP contribution >= 0.6 is 0 Å².